The smallest absolute Gasteiger partial charge is 0.249 e. The normalized spacial score (nSPS) is 18.3. The minimum atomic E-state index is -1.19. The number of aliphatic hydroxyl groups excluding tert-OH is 1. The molecule has 1 aliphatic rings. The molecule has 0 heterocycles. The molecule has 3 atom stereocenters. The minimum absolute atomic E-state index is 0.0607. The number of carbonyl (C=O) groups excluding carboxylic acids is 2. The van der Waals surface area contributed by atoms with Crippen LogP contribution in [0.4, 0.5) is 0 Å². The van der Waals surface area contributed by atoms with E-state index in [-0.39, 0.29) is 18.9 Å². The van der Waals surface area contributed by atoms with Crippen molar-refractivity contribution in [3.63, 3.8) is 0 Å². The van der Waals surface area contributed by atoms with Gasteiger partial charge in [-0.25, -0.2) is 0 Å². The molecule has 0 bridgehead atoms. The van der Waals surface area contributed by atoms with Crippen molar-refractivity contribution in [1.82, 2.24) is 10.2 Å². The number of aryl methyl sites for hydroxylation is 2. The molecular weight excluding hydrogens is 486 g/mol. The molecule has 3 rings (SSSR count). The number of aliphatic hydroxyl groups is 1. The lowest BCUT2D eigenvalue weighted by Crippen LogP contribution is -2.51. The largest absolute Gasteiger partial charge is 0.391 e. The van der Waals surface area contributed by atoms with E-state index in [0.717, 1.165) is 24.0 Å². The molecule has 39 heavy (non-hydrogen) atoms. The Labute approximate surface area is 234 Å². The monoisotopic (exact) mass is 531 g/mol. The molecule has 0 radical (unpaired) electrons. The number of carbonyl (C=O) groups is 2. The van der Waals surface area contributed by atoms with Crippen LogP contribution in [-0.4, -0.2) is 47.6 Å². The fraction of sp³-hybridized carbons (Fsp3) is 0.455. The zero-order valence-electron chi connectivity index (χ0n) is 24.0. The Morgan fingerprint density at radius 1 is 1.03 bits per heavy atom. The molecule has 210 valence electrons. The number of hydrogen-bond acceptors (Lipinski definition) is 4. The Hall–Kier alpha value is -3.22. The number of hydrogen-bond donors (Lipinski definition) is 3. The number of nitrogens with zero attached hydrogens (tertiary/aromatic N) is 1. The first-order valence-corrected chi connectivity index (χ1v) is 14.2. The SMILES string of the molecule is CCCN(CCC)C(=O)C1=CC=CC(C(N)=O)([C@H](Cc2ccccc2)[C@@H](O)CNCc2ccc(C)c(C)c2)C1. The molecular formula is C33H45N3O3. The van der Waals surface area contributed by atoms with Gasteiger partial charge in [0.05, 0.1) is 11.5 Å². The summed E-state index contributed by atoms with van der Waals surface area (Å²) in [6.07, 6.45) is 6.84. The van der Waals surface area contributed by atoms with Crippen molar-refractivity contribution < 1.29 is 14.7 Å². The van der Waals surface area contributed by atoms with Gasteiger partial charge in [0.15, 0.2) is 0 Å². The van der Waals surface area contributed by atoms with Gasteiger partial charge in [0.25, 0.3) is 0 Å². The van der Waals surface area contributed by atoms with Crippen LogP contribution in [-0.2, 0) is 22.6 Å². The number of benzene rings is 2. The maximum absolute atomic E-state index is 13.5. The lowest BCUT2D eigenvalue weighted by Gasteiger charge is -2.41. The summed E-state index contributed by atoms with van der Waals surface area (Å²) in [5.41, 5.74) is 10.1. The lowest BCUT2D eigenvalue weighted by atomic mass is 9.64. The van der Waals surface area contributed by atoms with Crippen LogP contribution in [0.15, 0.2) is 72.3 Å². The van der Waals surface area contributed by atoms with Gasteiger partial charge in [0, 0.05) is 37.7 Å². The molecule has 0 fully saturated rings. The zero-order chi connectivity index (χ0) is 28.4. The highest BCUT2D eigenvalue weighted by atomic mass is 16.3. The van der Waals surface area contributed by atoms with E-state index < -0.39 is 23.3 Å². The first-order valence-electron chi connectivity index (χ1n) is 14.2. The number of nitrogens with one attached hydrogen (secondary N) is 1. The van der Waals surface area contributed by atoms with Crippen molar-refractivity contribution in [3.05, 3.63) is 94.6 Å². The van der Waals surface area contributed by atoms with E-state index in [2.05, 4.69) is 51.2 Å². The summed E-state index contributed by atoms with van der Waals surface area (Å²) in [6, 6.07) is 16.2. The van der Waals surface area contributed by atoms with Gasteiger partial charge in [-0.15, -0.1) is 0 Å². The Morgan fingerprint density at radius 3 is 2.33 bits per heavy atom. The summed E-state index contributed by atoms with van der Waals surface area (Å²) in [5, 5.41) is 15.0. The van der Waals surface area contributed by atoms with E-state index in [4.69, 9.17) is 5.73 Å². The second-order valence-electron chi connectivity index (χ2n) is 10.8. The first-order chi connectivity index (χ1) is 18.7. The van der Waals surface area contributed by atoms with Crippen molar-refractivity contribution in [1.29, 1.82) is 0 Å². The Morgan fingerprint density at radius 2 is 1.72 bits per heavy atom. The number of amides is 2. The van der Waals surface area contributed by atoms with Crippen LogP contribution in [0.3, 0.4) is 0 Å². The predicted molar refractivity (Wildman–Crippen MR) is 158 cm³/mol. The van der Waals surface area contributed by atoms with Crippen molar-refractivity contribution >= 4 is 11.8 Å². The quantitative estimate of drug-likeness (QED) is 0.332. The molecule has 1 aliphatic carbocycles. The summed E-state index contributed by atoms with van der Waals surface area (Å²) < 4.78 is 0. The van der Waals surface area contributed by atoms with E-state index in [9.17, 15) is 14.7 Å². The molecule has 2 aromatic rings. The standard InChI is InChI=1S/C33H45N3O3/c1-5-17-36(18-6-2)31(38)28-13-10-16-33(21-28,32(34)39)29(20-26-11-8-7-9-12-26)30(37)23-35-22-27-15-14-24(3)25(4)19-27/h7-16,19,29-30,35,37H,5-6,17-18,20-23H2,1-4H3,(H2,34,39)/t29-,30+,33?/m1/s1. The van der Waals surface area contributed by atoms with Crippen LogP contribution in [0.5, 0.6) is 0 Å². The molecule has 0 spiro atoms. The van der Waals surface area contributed by atoms with Gasteiger partial charge in [-0.1, -0.05) is 80.6 Å². The van der Waals surface area contributed by atoms with Gasteiger partial charge in [-0.05, 0) is 61.8 Å². The third-order valence-electron chi connectivity index (χ3n) is 7.86. The molecule has 4 N–H and O–H groups in total. The van der Waals surface area contributed by atoms with Gasteiger partial charge in [-0.2, -0.15) is 0 Å². The van der Waals surface area contributed by atoms with Crippen LogP contribution in [0.25, 0.3) is 0 Å². The van der Waals surface area contributed by atoms with E-state index >= 15 is 0 Å². The average molecular weight is 532 g/mol. The Balaban J connectivity index is 1.87. The topological polar surface area (TPSA) is 95.7 Å². The van der Waals surface area contributed by atoms with E-state index in [1.165, 1.54) is 11.1 Å². The van der Waals surface area contributed by atoms with E-state index in [1.54, 1.807) is 18.2 Å². The molecule has 0 saturated heterocycles. The van der Waals surface area contributed by atoms with Crippen molar-refractivity contribution in [2.75, 3.05) is 19.6 Å². The number of nitrogens with two attached hydrogens (primary N) is 1. The molecule has 2 aromatic carbocycles. The van der Waals surface area contributed by atoms with Gasteiger partial charge in [0.1, 0.15) is 0 Å². The third-order valence-corrected chi connectivity index (χ3v) is 7.86. The summed E-state index contributed by atoms with van der Waals surface area (Å²) in [6.45, 7) is 10.5. The van der Waals surface area contributed by atoms with Gasteiger partial charge in [-0.3, -0.25) is 9.59 Å². The highest BCUT2D eigenvalue weighted by molar-refractivity contribution is 5.96. The maximum atomic E-state index is 13.5. The average Bonchev–Trinajstić information content (AvgIpc) is 2.93. The van der Waals surface area contributed by atoms with Crippen LogP contribution in [0, 0.1) is 25.2 Å². The van der Waals surface area contributed by atoms with Gasteiger partial charge < -0.3 is 21.1 Å². The minimum Gasteiger partial charge on any atom is -0.391 e. The highest BCUT2D eigenvalue weighted by Crippen LogP contribution is 2.43. The fourth-order valence-electron chi connectivity index (χ4n) is 5.53. The molecule has 1 unspecified atom stereocenters. The maximum Gasteiger partial charge on any atom is 0.249 e. The molecule has 0 saturated carbocycles. The summed E-state index contributed by atoms with van der Waals surface area (Å²) in [5.74, 6) is -1.11. The summed E-state index contributed by atoms with van der Waals surface area (Å²) >= 11 is 0. The van der Waals surface area contributed by atoms with E-state index in [0.29, 0.717) is 31.6 Å². The van der Waals surface area contributed by atoms with E-state index in [1.807, 2.05) is 35.2 Å². The summed E-state index contributed by atoms with van der Waals surface area (Å²) in [4.78, 5) is 28.6. The fourth-order valence-corrected chi connectivity index (χ4v) is 5.53. The van der Waals surface area contributed by atoms with Crippen LogP contribution in [0.1, 0.15) is 55.4 Å². The Bertz CT molecular complexity index is 1170. The van der Waals surface area contributed by atoms with Crippen LogP contribution < -0.4 is 11.1 Å². The predicted octanol–water partition coefficient (Wildman–Crippen LogP) is 4.62. The number of allylic oxidation sites excluding steroid dienone is 2. The molecule has 6 heteroatoms. The zero-order valence-corrected chi connectivity index (χ0v) is 24.0. The van der Waals surface area contributed by atoms with Crippen molar-refractivity contribution in [2.45, 2.75) is 66.0 Å². The summed E-state index contributed by atoms with van der Waals surface area (Å²) in [7, 11) is 0. The second kappa shape index (κ2) is 14.2. The second-order valence-corrected chi connectivity index (χ2v) is 10.8. The van der Waals surface area contributed by atoms with Crippen molar-refractivity contribution in [3.8, 4) is 0 Å². The van der Waals surface area contributed by atoms with Gasteiger partial charge in [0.2, 0.25) is 11.8 Å². The molecule has 0 aliphatic heterocycles. The molecule has 6 nitrogen and oxygen atoms in total. The number of rotatable bonds is 14. The lowest BCUT2D eigenvalue weighted by molar-refractivity contribution is -0.132. The Kier molecular flexibility index (Phi) is 11.1. The number of primary amides is 1. The van der Waals surface area contributed by atoms with Crippen LogP contribution in [0.2, 0.25) is 0 Å². The molecule has 0 aromatic heterocycles. The molecule has 2 amide bonds. The highest BCUT2D eigenvalue weighted by Gasteiger charge is 2.47. The van der Waals surface area contributed by atoms with Crippen LogP contribution >= 0.6 is 0 Å². The van der Waals surface area contributed by atoms with Crippen molar-refractivity contribution in [2.24, 2.45) is 17.1 Å². The van der Waals surface area contributed by atoms with Gasteiger partial charge >= 0.3 is 0 Å². The third kappa shape index (κ3) is 7.68. The first kappa shape index (κ1) is 30.3.